The highest BCUT2D eigenvalue weighted by Gasteiger charge is 2.35. The van der Waals surface area contributed by atoms with E-state index in [1.807, 2.05) is 30.7 Å². The lowest BCUT2D eigenvalue weighted by Gasteiger charge is -2.35. The van der Waals surface area contributed by atoms with Crippen molar-refractivity contribution >= 4 is 11.3 Å². The predicted molar refractivity (Wildman–Crippen MR) is 86.1 cm³/mol. The summed E-state index contributed by atoms with van der Waals surface area (Å²) in [5, 5.41) is 2.96. The Morgan fingerprint density at radius 1 is 1.43 bits per heavy atom. The molecule has 0 aliphatic heterocycles. The minimum absolute atomic E-state index is 0.0613. The molecule has 1 aliphatic rings. The molecule has 3 N–H and O–H groups in total. The molecule has 110 valence electrons. The Balaban J connectivity index is 2.02. The lowest BCUT2D eigenvalue weighted by atomic mass is 9.76. The molecule has 0 spiro atoms. The van der Waals surface area contributed by atoms with Gasteiger partial charge in [0.1, 0.15) is 10.8 Å². The lowest BCUT2D eigenvalue weighted by Crippen LogP contribution is -2.43. The predicted octanol–water partition coefficient (Wildman–Crippen LogP) is 3.43. The van der Waals surface area contributed by atoms with Crippen LogP contribution < -0.4 is 5.73 Å². The van der Waals surface area contributed by atoms with Gasteiger partial charge in [0.2, 0.25) is 0 Å². The Morgan fingerprint density at radius 3 is 2.90 bits per heavy atom. The highest BCUT2D eigenvalue weighted by atomic mass is 32.1. The Bertz CT molecular complexity index is 695. The number of hydrogen-bond donors (Lipinski definition) is 2. The molecule has 4 nitrogen and oxygen atoms in total. The largest absolute Gasteiger partial charge is 0.497 e. The number of ether oxygens (including phenoxy) is 1. The van der Waals surface area contributed by atoms with Gasteiger partial charge in [-0.1, -0.05) is 6.08 Å². The number of aromatic amines is 1. The first-order valence-electron chi connectivity index (χ1n) is 6.84. The van der Waals surface area contributed by atoms with E-state index in [1.165, 1.54) is 0 Å². The maximum Gasteiger partial charge on any atom is 0.139 e. The average Bonchev–Trinajstić information content (AvgIpc) is 3.08. The molecule has 2 heterocycles. The van der Waals surface area contributed by atoms with Crippen LogP contribution in [0.3, 0.4) is 0 Å². The van der Waals surface area contributed by atoms with Gasteiger partial charge in [-0.05, 0) is 37.6 Å². The van der Waals surface area contributed by atoms with Crippen molar-refractivity contribution in [2.75, 3.05) is 7.11 Å². The van der Waals surface area contributed by atoms with Crippen LogP contribution in [-0.2, 0) is 4.74 Å². The molecule has 1 aliphatic carbocycles. The van der Waals surface area contributed by atoms with Crippen molar-refractivity contribution in [3.05, 3.63) is 52.9 Å². The van der Waals surface area contributed by atoms with E-state index in [0.717, 1.165) is 27.7 Å². The van der Waals surface area contributed by atoms with Crippen LogP contribution in [0.15, 0.2) is 47.2 Å². The summed E-state index contributed by atoms with van der Waals surface area (Å²) in [6.07, 6.45) is 5.77. The van der Waals surface area contributed by atoms with Crippen LogP contribution in [0.4, 0.5) is 0 Å². The van der Waals surface area contributed by atoms with E-state index in [4.69, 9.17) is 10.5 Å². The van der Waals surface area contributed by atoms with Crippen molar-refractivity contribution in [2.24, 2.45) is 5.73 Å². The van der Waals surface area contributed by atoms with Crippen LogP contribution in [0.25, 0.3) is 10.7 Å². The number of aromatic nitrogens is 2. The molecule has 2 aromatic rings. The maximum absolute atomic E-state index is 6.48. The number of hydrogen-bond acceptors (Lipinski definition) is 4. The third-order valence-electron chi connectivity index (χ3n) is 3.94. The summed E-state index contributed by atoms with van der Waals surface area (Å²) in [5.41, 5.74) is 9.28. The second kappa shape index (κ2) is 5.16. The molecule has 0 fully saturated rings. The molecule has 0 radical (unpaired) electrons. The summed E-state index contributed by atoms with van der Waals surface area (Å²) in [5.74, 6) is 0.944. The zero-order chi connectivity index (χ0) is 15.0. The number of thiazole rings is 1. The first kappa shape index (κ1) is 14.1. The first-order chi connectivity index (χ1) is 10.0. The normalized spacial score (nSPS) is 25.4. The van der Waals surface area contributed by atoms with Crippen LogP contribution in [0.2, 0.25) is 0 Å². The molecule has 0 amide bonds. The highest BCUT2D eigenvalue weighted by molar-refractivity contribution is 7.13. The summed E-state index contributed by atoms with van der Waals surface area (Å²) in [4.78, 5) is 7.80. The summed E-state index contributed by atoms with van der Waals surface area (Å²) >= 11 is 1.62. The van der Waals surface area contributed by atoms with E-state index in [9.17, 15) is 0 Å². The molecule has 0 saturated heterocycles. The van der Waals surface area contributed by atoms with Gasteiger partial charge in [0.25, 0.3) is 0 Å². The van der Waals surface area contributed by atoms with Crippen LogP contribution in [0.1, 0.15) is 25.5 Å². The fourth-order valence-corrected chi connectivity index (χ4v) is 3.57. The summed E-state index contributed by atoms with van der Waals surface area (Å²) < 4.78 is 5.44. The van der Waals surface area contributed by atoms with Crippen molar-refractivity contribution in [1.82, 2.24) is 9.97 Å². The number of nitrogens with two attached hydrogens (primary N) is 1. The van der Waals surface area contributed by atoms with Crippen molar-refractivity contribution in [3.8, 4) is 10.7 Å². The van der Waals surface area contributed by atoms with Gasteiger partial charge in [-0.2, -0.15) is 0 Å². The zero-order valence-corrected chi connectivity index (χ0v) is 13.2. The Morgan fingerprint density at radius 2 is 2.24 bits per heavy atom. The summed E-state index contributed by atoms with van der Waals surface area (Å²) in [6.45, 7) is 4.11. The van der Waals surface area contributed by atoms with Gasteiger partial charge in [-0.15, -0.1) is 11.3 Å². The van der Waals surface area contributed by atoms with Crippen LogP contribution >= 0.6 is 11.3 Å². The van der Waals surface area contributed by atoms with E-state index in [1.54, 1.807) is 18.4 Å². The second-order valence-corrected chi connectivity index (χ2v) is 6.44. The van der Waals surface area contributed by atoms with Gasteiger partial charge in [0, 0.05) is 28.7 Å². The Kier molecular flexibility index (Phi) is 3.47. The molecule has 2 unspecified atom stereocenters. The third kappa shape index (κ3) is 2.43. The second-order valence-electron chi connectivity index (χ2n) is 5.55. The molecule has 0 saturated carbocycles. The number of rotatable bonds is 3. The highest BCUT2D eigenvalue weighted by Crippen LogP contribution is 2.39. The fourth-order valence-electron chi connectivity index (χ4n) is 2.95. The number of methoxy groups -OCH3 is 1. The maximum atomic E-state index is 6.48. The molecule has 2 atom stereocenters. The molecule has 2 aromatic heterocycles. The zero-order valence-electron chi connectivity index (χ0n) is 12.4. The van der Waals surface area contributed by atoms with Crippen molar-refractivity contribution in [1.29, 1.82) is 0 Å². The molecule has 3 rings (SSSR count). The van der Waals surface area contributed by atoms with Gasteiger partial charge in [0.05, 0.1) is 12.8 Å². The molecular formula is C16H19N3OS. The fraction of sp³-hybridized carbons (Fsp3) is 0.312. The van der Waals surface area contributed by atoms with Crippen molar-refractivity contribution in [3.63, 3.8) is 0 Å². The van der Waals surface area contributed by atoms with E-state index in [2.05, 4.69) is 29.0 Å². The van der Waals surface area contributed by atoms with Gasteiger partial charge in [-0.3, -0.25) is 0 Å². The molecular weight excluding hydrogens is 282 g/mol. The van der Waals surface area contributed by atoms with Crippen molar-refractivity contribution < 1.29 is 4.74 Å². The topological polar surface area (TPSA) is 63.9 Å². The summed E-state index contributed by atoms with van der Waals surface area (Å²) in [7, 11) is 1.69. The molecule has 5 heteroatoms. The van der Waals surface area contributed by atoms with E-state index in [-0.39, 0.29) is 5.92 Å². The monoisotopic (exact) mass is 301 g/mol. The Hall–Kier alpha value is -1.85. The number of allylic oxidation sites excluding steroid dienone is 1. The van der Waals surface area contributed by atoms with Crippen LogP contribution in [0.5, 0.6) is 0 Å². The number of nitrogens with zero attached hydrogens (tertiary/aromatic N) is 1. The smallest absolute Gasteiger partial charge is 0.139 e. The van der Waals surface area contributed by atoms with Gasteiger partial charge >= 0.3 is 0 Å². The molecule has 0 bridgehead atoms. The Labute approximate surface area is 128 Å². The minimum atomic E-state index is -0.447. The quantitative estimate of drug-likeness (QED) is 0.913. The van der Waals surface area contributed by atoms with Gasteiger partial charge < -0.3 is 15.5 Å². The average molecular weight is 301 g/mol. The van der Waals surface area contributed by atoms with E-state index >= 15 is 0 Å². The summed E-state index contributed by atoms with van der Waals surface area (Å²) in [6, 6.07) is 4.14. The van der Waals surface area contributed by atoms with Gasteiger partial charge in [0.15, 0.2) is 0 Å². The van der Waals surface area contributed by atoms with Crippen LogP contribution in [-0.4, -0.2) is 22.6 Å². The number of nitrogens with one attached hydrogen (secondary N) is 1. The van der Waals surface area contributed by atoms with E-state index < -0.39 is 5.54 Å². The standard InChI is InChI=1S/C16H19N3OS/c1-10-13(20-3)6-7-16(2,17)14(10)11-4-5-12(19-11)15-18-8-9-21-15/h4-9,14,19H,17H2,1-3H3. The van der Waals surface area contributed by atoms with Crippen LogP contribution in [0, 0.1) is 0 Å². The minimum Gasteiger partial charge on any atom is -0.497 e. The first-order valence-corrected chi connectivity index (χ1v) is 7.72. The molecule has 21 heavy (non-hydrogen) atoms. The van der Waals surface area contributed by atoms with Gasteiger partial charge in [-0.25, -0.2) is 4.98 Å². The number of H-pyrrole nitrogens is 1. The SMILES string of the molecule is COC1=C(C)C(c2ccc(-c3nccs3)[nH]2)C(C)(N)C=C1. The lowest BCUT2D eigenvalue weighted by molar-refractivity contribution is 0.290. The third-order valence-corrected chi connectivity index (χ3v) is 4.75. The molecule has 0 aromatic carbocycles. The van der Waals surface area contributed by atoms with Crippen molar-refractivity contribution in [2.45, 2.75) is 25.3 Å². The van der Waals surface area contributed by atoms with E-state index in [0.29, 0.717) is 0 Å².